The molecule has 9 aromatic carbocycles. The van der Waals surface area contributed by atoms with E-state index in [1.54, 1.807) is 0 Å². The van der Waals surface area contributed by atoms with Gasteiger partial charge in [0, 0.05) is 51.2 Å². The zero-order chi connectivity index (χ0) is 44.7. The van der Waals surface area contributed by atoms with Gasteiger partial charge in [0.15, 0.2) is 0 Å². The maximum Gasteiger partial charge on any atom is 0.0461 e. The van der Waals surface area contributed by atoms with Gasteiger partial charge in [0.2, 0.25) is 0 Å². The normalized spacial score (nSPS) is 11.0. The molecular formula is C62H57N3. The van der Waals surface area contributed by atoms with Crippen LogP contribution in [0.1, 0.15) is 57.0 Å². The summed E-state index contributed by atoms with van der Waals surface area (Å²) in [6.07, 6.45) is 2.73. The number of rotatable bonds is 14. The summed E-state index contributed by atoms with van der Waals surface area (Å²) in [7, 11) is 0. The van der Waals surface area contributed by atoms with Crippen molar-refractivity contribution in [2.24, 2.45) is 0 Å². The lowest BCUT2D eigenvalue weighted by atomic mass is 10.0. The molecule has 0 N–H and O–H groups in total. The fourth-order valence-electron chi connectivity index (χ4n) is 8.52. The Labute approximate surface area is 386 Å². The van der Waals surface area contributed by atoms with Gasteiger partial charge in [0.05, 0.1) is 0 Å². The molecule has 0 unspecified atom stereocenters. The lowest BCUT2D eigenvalue weighted by Gasteiger charge is -2.26. The molecule has 9 rings (SSSR count). The minimum atomic E-state index is 0.853. The van der Waals surface area contributed by atoms with Crippen molar-refractivity contribution in [1.82, 2.24) is 0 Å². The van der Waals surface area contributed by atoms with Crippen LogP contribution in [0.3, 0.4) is 0 Å². The van der Waals surface area contributed by atoms with Crippen molar-refractivity contribution in [2.45, 2.75) is 53.9 Å². The van der Waals surface area contributed by atoms with Gasteiger partial charge in [-0.1, -0.05) is 138 Å². The van der Waals surface area contributed by atoms with E-state index in [0.29, 0.717) is 0 Å². The maximum atomic E-state index is 2.36. The van der Waals surface area contributed by atoms with Gasteiger partial charge in [-0.3, -0.25) is 0 Å². The van der Waals surface area contributed by atoms with Crippen molar-refractivity contribution in [1.29, 1.82) is 0 Å². The molecule has 0 aliphatic heterocycles. The van der Waals surface area contributed by atoms with Crippen molar-refractivity contribution >= 4 is 51.2 Å². The van der Waals surface area contributed by atoms with Crippen molar-refractivity contribution in [3.8, 4) is 0 Å². The van der Waals surface area contributed by atoms with Gasteiger partial charge >= 0.3 is 0 Å². The SMILES string of the molecule is CCc1ccc(N(c2ccc(C)cc2)c2ccc(Cc3ccc(N(c4ccc(C)cc4)c4ccc(Cc5ccc(N(c6ccc(C)cc6)c6ccc(C)cc6)cc5)cc4)cc3)cc2)cc1. The second-order valence-corrected chi connectivity index (χ2v) is 17.4. The molecule has 0 aliphatic carbocycles. The van der Waals surface area contributed by atoms with Crippen molar-refractivity contribution in [3.05, 3.63) is 268 Å². The van der Waals surface area contributed by atoms with Crippen molar-refractivity contribution in [3.63, 3.8) is 0 Å². The van der Waals surface area contributed by atoms with Crippen LogP contribution < -0.4 is 14.7 Å². The Hall–Kier alpha value is -7.62. The monoisotopic (exact) mass is 843 g/mol. The molecule has 0 atom stereocenters. The van der Waals surface area contributed by atoms with E-state index in [-0.39, 0.29) is 0 Å². The second kappa shape index (κ2) is 19.4. The number of benzene rings is 9. The minimum Gasteiger partial charge on any atom is -0.311 e. The van der Waals surface area contributed by atoms with Crippen molar-refractivity contribution in [2.75, 3.05) is 14.7 Å². The highest BCUT2D eigenvalue weighted by atomic mass is 15.2. The molecule has 3 nitrogen and oxygen atoms in total. The van der Waals surface area contributed by atoms with E-state index in [1.807, 2.05) is 0 Å². The van der Waals surface area contributed by atoms with Crippen LogP contribution in [0, 0.1) is 27.7 Å². The number of hydrogen-bond acceptors (Lipinski definition) is 3. The molecule has 65 heavy (non-hydrogen) atoms. The molecule has 0 spiro atoms. The summed E-state index contributed by atoms with van der Waals surface area (Å²) in [6, 6.07) is 80.2. The molecule has 0 bridgehead atoms. The third-order valence-electron chi connectivity index (χ3n) is 12.4. The topological polar surface area (TPSA) is 9.72 Å². The Balaban J connectivity index is 0.916. The van der Waals surface area contributed by atoms with E-state index >= 15 is 0 Å². The van der Waals surface area contributed by atoms with E-state index in [1.165, 1.54) is 50.1 Å². The average molecular weight is 844 g/mol. The molecular weight excluding hydrogens is 787 g/mol. The Morgan fingerprint density at radius 3 is 0.538 bits per heavy atom. The summed E-state index contributed by atoms with van der Waals surface area (Å²) in [6.45, 7) is 10.7. The largest absolute Gasteiger partial charge is 0.311 e. The molecule has 320 valence electrons. The van der Waals surface area contributed by atoms with Crippen LogP contribution in [0.4, 0.5) is 51.2 Å². The number of nitrogens with zero attached hydrogens (tertiary/aromatic N) is 3. The van der Waals surface area contributed by atoms with Crippen LogP contribution in [0.25, 0.3) is 0 Å². The Kier molecular flexibility index (Phi) is 12.7. The highest BCUT2D eigenvalue weighted by Crippen LogP contribution is 2.38. The average Bonchev–Trinajstić information content (AvgIpc) is 3.34. The molecule has 0 heterocycles. The van der Waals surface area contributed by atoms with E-state index in [0.717, 1.165) is 70.4 Å². The highest BCUT2D eigenvalue weighted by Gasteiger charge is 2.16. The summed E-state index contributed by atoms with van der Waals surface area (Å²) in [5.41, 5.74) is 21.8. The lowest BCUT2D eigenvalue weighted by molar-refractivity contribution is 1.13. The molecule has 9 aromatic rings. The molecule has 0 fully saturated rings. The molecule has 0 radical (unpaired) electrons. The molecule has 0 saturated carbocycles. The maximum absolute atomic E-state index is 2.36. The van der Waals surface area contributed by atoms with Crippen LogP contribution in [-0.4, -0.2) is 0 Å². The Morgan fingerprint density at radius 2 is 0.369 bits per heavy atom. The standard InChI is InChI=1S/C62H57N3/c1-6-49-15-33-58(34-16-49)64(56-29-11-47(4)12-30-56)60-37-19-51(20-38-60)44-53-23-41-62(42-24-53)65(57-31-13-48(5)14-32-57)61-39-21-52(22-40-61)43-50-17-35-59(36-18-50)63(54-25-7-45(2)8-26-54)55-27-9-46(3)10-28-55/h7-42H,6,43-44H2,1-5H3. The van der Waals surface area contributed by atoms with E-state index in [9.17, 15) is 0 Å². The van der Waals surface area contributed by atoms with Gasteiger partial charge in [-0.25, -0.2) is 0 Å². The molecule has 0 aliphatic rings. The summed E-state index contributed by atoms with van der Waals surface area (Å²) in [5.74, 6) is 0. The predicted octanol–water partition coefficient (Wildman–Crippen LogP) is 17.1. The first-order chi connectivity index (χ1) is 31.8. The summed E-state index contributed by atoms with van der Waals surface area (Å²) < 4.78 is 0. The van der Waals surface area contributed by atoms with Crippen molar-refractivity contribution < 1.29 is 0 Å². The van der Waals surface area contributed by atoms with E-state index in [4.69, 9.17) is 0 Å². The molecule has 0 aromatic heterocycles. The summed E-state index contributed by atoms with van der Waals surface area (Å²) in [5, 5.41) is 0. The van der Waals surface area contributed by atoms with E-state index < -0.39 is 0 Å². The van der Waals surface area contributed by atoms with Crippen LogP contribution in [0.5, 0.6) is 0 Å². The number of anilines is 9. The highest BCUT2D eigenvalue weighted by molar-refractivity contribution is 5.79. The number of hydrogen-bond donors (Lipinski definition) is 0. The smallest absolute Gasteiger partial charge is 0.0461 e. The van der Waals surface area contributed by atoms with Gasteiger partial charge in [-0.15, -0.1) is 0 Å². The Bertz CT molecular complexity index is 2870. The lowest BCUT2D eigenvalue weighted by Crippen LogP contribution is -2.10. The summed E-state index contributed by atoms with van der Waals surface area (Å²) >= 11 is 0. The second-order valence-electron chi connectivity index (χ2n) is 17.4. The van der Waals surface area contributed by atoms with Crippen LogP contribution >= 0.6 is 0 Å². The van der Waals surface area contributed by atoms with E-state index in [2.05, 4.69) is 268 Å². The van der Waals surface area contributed by atoms with Gasteiger partial charge in [0.1, 0.15) is 0 Å². The zero-order valence-corrected chi connectivity index (χ0v) is 38.2. The fourth-order valence-corrected chi connectivity index (χ4v) is 8.52. The summed E-state index contributed by atoms with van der Waals surface area (Å²) in [4.78, 5) is 7.03. The first kappa shape index (κ1) is 42.7. The molecule has 3 heteroatoms. The first-order valence-electron chi connectivity index (χ1n) is 22.9. The van der Waals surface area contributed by atoms with Gasteiger partial charge in [-0.05, 0) is 184 Å². The first-order valence-corrected chi connectivity index (χ1v) is 22.9. The number of aryl methyl sites for hydroxylation is 5. The van der Waals surface area contributed by atoms with Crippen LogP contribution in [0.15, 0.2) is 218 Å². The predicted molar refractivity (Wildman–Crippen MR) is 277 cm³/mol. The zero-order valence-electron chi connectivity index (χ0n) is 38.2. The molecule has 0 amide bonds. The van der Waals surface area contributed by atoms with Gasteiger partial charge in [0.25, 0.3) is 0 Å². The minimum absolute atomic E-state index is 0.853. The molecule has 0 saturated heterocycles. The van der Waals surface area contributed by atoms with Crippen LogP contribution in [-0.2, 0) is 19.3 Å². The third-order valence-corrected chi connectivity index (χ3v) is 12.4. The Morgan fingerprint density at radius 1 is 0.215 bits per heavy atom. The fraction of sp³-hybridized carbons (Fsp3) is 0.129. The van der Waals surface area contributed by atoms with Crippen LogP contribution in [0.2, 0.25) is 0 Å². The van der Waals surface area contributed by atoms with Gasteiger partial charge < -0.3 is 14.7 Å². The quantitative estimate of drug-likeness (QED) is 0.108. The van der Waals surface area contributed by atoms with Gasteiger partial charge in [-0.2, -0.15) is 0 Å². The third kappa shape index (κ3) is 10.1.